The van der Waals surface area contributed by atoms with Crippen LogP contribution in [-0.2, 0) is 9.59 Å². The largest absolute Gasteiger partial charge is 0.478 e. The summed E-state index contributed by atoms with van der Waals surface area (Å²) in [6, 6.07) is 16.2. The van der Waals surface area contributed by atoms with Gasteiger partial charge in [-0.1, -0.05) is 60.7 Å². The third-order valence-corrected chi connectivity index (χ3v) is 8.43. The highest BCUT2D eigenvalue weighted by molar-refractivity contribution is 6.31. The van der Waals surface area contributed by atoms with Crippen molar-refractivity contribution in [3.8, 4) is 0 Å². The van der Waals surface area contributed by atoms with Crippen LogP contribution in [0.4, 0.5) is 15.8 Å². The van der Waals surface area contributed by atoms with Crippen LogP contribution in [0.3, 0.4) is 0 Å². The van der Waals surface area contributed by atoms with Crippen LogP contribution in [0.5, 0.6) is 0 Å². The van der Waals surface area contributed by atoms with Crippen LogP contribution in [0.1, 0.15) is 53.9 Å². The van der Waals surface area contributed by atoms with E-state index in [0.717, 1.165) is 19.3 Å². The number of carboxylic acids is 1. The summed E-state index contributed by atoms with van der Waals surface area (Å²) in [6.07, 6.45) is 3.97. The highest BCUT2D eigenvalue weighted by atomic mass is 35.5. The third kappa shape index (κ3) is 5.57. The number of anilines is 2. The van der Waals surface area contributed by atoms with Crippen molar-refractivity contribution in [2.24, 2.45) is 5.92 Å². The van der Waals surface area contributed by atoms with E-state index in [1.165, 1.54) is 30.3 Å². The van der Waals surface area contributed by atoms with Crippen LogP contribution >= 0.6 is 23.2 Å². The van der Waals surface area contributed by atoms with Crippen molar-refractivity contribution in [3.63, 3.8) is 0 Å². The lowest BCUT2D eigenvalue weighted by Crippen LogP contribution is -2.52. The number of carbonyl (C=O) groups is 3. The molecule has 1 aliphatic heterocycles. The molecule has 5 rings (SSSR count). The molecule has 1 heterocycles. The molecule has 3 aromatic carbocycles. The summed E-state index contributed by atoms with van der Waals surface area (Å²) in [5, 5.41) is 18.8. The summed E-state index contributed by atoms with van der Waals surface area (Å²) >= 11 is 12.3. The summed E-state index contributed by atoms with van der Waals surface area (Å²) in [6.45, 7) is 0. The monoisotopic (exact) mass is 583 g/mol. The molecule has 0 aromatic heterocycles. The smallest absolute Gasteiger partial charge is 0.335 e. The molecule has 10 heteroatoms. The summed E-state index contributed by atoms with van der Waals surface area (Å²) in [5.41, 5.74) is 0.381. The molecule has 208 valence electrons. The molecule has 4 N–H and O–H groups in total. The summed E-state index contributed by atoms with van der Waals surface area (Å²) in [5.74, 6) is -4.25. The maximum Gasteiger partial charge on any atom is 0.335 e. The Balaban J connectivity index is 1.56. The van der Waals surface area contributed by atoms with E-state index < -0.39 is 41.1 Å². The number of rotatable bonds is 6. The average molecular weight is 584 g/mol. The Hall–Kier alpha value is -3.46. The van der Waals surface area contributed by atoms with Crippen LogP contribution in [0, 0.1) is 11.7 Å². The fourth-order valence-corrected chi connectivity index (χ4v) is 6.52. The van der Waals surface area contributed by atoms with Gasteiger partial charge in [-0.3, -0.25) is 14.9 Å². The Kier molecular flexibility index (Phi) is 8.12. The Labute approximate surface area is 241 Å². The number of hydrogen-bond donors (Lipinski definition) is 4. The van der Waals surface area contributed by atoms with E-state index in [9.17, 15) is 19.5 Å². The van der Waals surface area contributed by atoms with E-state index in [1.807, 2.05) is 0 Å². The number of hydrogen-bond acceptors (Lipinski definition) is 4. The van der Waals surface area contributed by atoms with Crippen molar-refractivity contribution >= 4 is 52.4 Å². The second-order valence-corrected chi connectivity index (χ2v) is 11.2. The number of carbonyl (C=O) groups excluding carboxylic acids is 2. The zero-order valence-corrected chi connectivity index (χ0v) is 22.9. The number of carboxylic acid groups (broad SMARTS) is 1. The van der Waals surface area contributed by atoms with Gasteiger partial charge in [0.05, 0.1) is 22.5 Å². The minimum atomic E-state index is -1.08. The molecule has 1 aliphatic carbocycles. The van der Waals surface area contributed by atoms with Crippen LogP contribution in [-0.4, -0.2) is 34.5 Å². The molecule has 3 unspecified atom stereocenters. The van der Waals surface area contributed by atoms with Gasteiger partial charge in [-0.2, -0.15) is 0 Å². The van der Waals surface area contributed by atoms with Gasteiger partial charge in [0.25, 0.3) is 0 Å². The summed E-state index contributed by atoms with van der Waals surface area (Å²) in [7, 11) is 0. The molecule has 3 aromatic rings. The Morgan fingerprint density at radius 3 is 2.23 bits per heavy atom. The molecular weight excluding hydrogens is 556 g/mol. The standard InChI is InChI=1S/C30H28Cl2FN3O4/c31-18-6-4-7-20(16-18)35-27(37)24-23(21-8-5-9-22(32)25(21)33)26(36-30(24)14-2-1-3-15-30)28(38)34-19-12-10-17(11-13-19)29(39)40/h4-13,16,23-24,26,36H,1-3,14-15H2,(H,34,38)(H,35,37)(H,39,40). The maximum atomic E-state index is 15.6. The van der Waals surface area contributed by atoms with Crippen LogP contribution < -0.4 is 16.0 Å². The summed E-state index contributed by atoms with van der Waals surface area (Å²) in [4.78, 5) is 39.1. The minimum absolute atomic E-state index is 0.0785. The van der Waals surface area contributed by atoms with E-state index in [2.05, 4.69) is 16.0 Å². The topological polar surface area (TPSA) is 108 Å². The van der Waals surface area contributed by atoms with Crippen molar-refractivity contribution in [1.82, 2.24) is 5.32 Å². The van der Waals surface area contributed by atoms with Crippen LogP contribution in [0.2, 0.25) is 10.0 Å². The zero-order valence-electron chi connectivity index (χ0n) is 21.4. The second kappa shape index (κ2) is 11.6. The molecule has 2 amide bonds. The molecule has 2 fully saturated rings. The van der Waals surface area contributed by atoms with Gasteiger partial charge in [-0.05, 0) is 66.9 Å². The molecular formula is C30H28Cl2FN3O4. The molecule has 2 aliphatic rings. The van der Waals surface area contributed by atoms with Crippen LogP contribution in [0.15, 0.2) is 66.7 Å². The lowest BCUT2D eigenvalue weighted by atomic mass is 9.68. The number of aromatic carboxylic acids is 1. The maximum absolute atomic E-state index is 15.6. The molecule has 40 heavy (non-hydrogen) atoms. The Morgan fingerprint density at radius 1 is 0.875 bits per heavy atom. The minimum Gasteiger partial charge on any atom is -0.478 e. The highest BCUT2D eigenvalue weighted by Crippen LogP contribution is 2.50. The molecule has 3 atom stereocenters. The highest BCUT2D eigenvalue weighted by Gasteiger charge is 2.59. The average Bonchev–Trinajstić information content (AvgIpc) is 3.25. The van der Waals surface area contributed by atoms with Gasteiger partial charge in [0, 0.05) is 27.9 Å². The first-order chi connectivity index (χ1) is 19.2. The van der Waals surface area contributed by atoms with E-state index >= 15 is 4.39 Å². The lowest BCUT2D eigenvalue weighted by Gasteiger charge is -2.39. The van der Waals surface area contributed by atoms with E-state index in [-0.39, 0.29) is 22.1 Å². The van der Waals surface area contributed by atoms with E-state index in [0.29, 0.717) is 29.2 Å². The van der Waals surface area contributed by atoms with Crippen molar-refractivity contribution in [1.29, 1.82) is 0 Å². The van der Waals surface area contributed by atoms with Crippen molar-refractivity contribution in [3.05, 3.63) is 93.7 Å². The number of halogens is 3. The Morgan fingerprint density at radius 2 is 1.55 bits per heavy atom. The molecule has 1 saturated carbocycles. The SMILES string of the molecule is O=C(O)c1ccc(NC(=O)C2NC3(CCCCC3)C(C(=O)Nc3cccc(Cl)c3)C2c2cccc(Cl)c2F)cc1. The van der Waals surface area contributed by atoms with Gasteiger partial charge < -0.3 is 15.7 Å². The van der Waals surface area contributed by atoms with Crippen molar-refractivity contribution < 1.29 is 23.9 Å². The normalized spacial score (nSPS) is 21.6. The summed E-state index contributed by atoms with van der Waals surface area (Å²) < 4.78 is 15.6. The van der Waals surface area contributed by atoms with Gasteiger partial charge in [0.15, 0.2) is 0 Å². The van der Waals surface area contributed by atoms with Gasteiger partial charge in [-0.25, -0.2) is 9.18 Å². The van der Waals surface area contributed by atoms with Gasteiger partial charge in [0.1, 0.15) is 5.82 Å². The number of amides is 2. The third-order valence-electron chi connectivity index (χ3n) is 7.90. The van der Waals surface area contributed by atoms with Crippen molar-refractivity contribution in [2.75, 3.05) is 10.6 Å². The number of benzene rings is 3. The lowest BCUT2D eigenvalue weighted by molar-refractivity contribution is -0.122. The molecule has 0 bridgehead atoms. The molecule has 1 spiro atoms. The van der Waals surface area contributed by atoms with Gasteiger partial charge in [-0.15, -0.1) is 0 Å². The van der Waals surface area contributed by atoms with Gasteiger partial charge in [0.2, 0.25) is 11.8 Å². The van der Waals surface area contributed by atoms with E-state index in [1.54, 1.807) is 36.4 Å². The molecule has 1 saturated heterocycles. The predicted octanol–water partition coefficient (Wildman–Crippen LogP) is 6.48. The number of nitrogens with one attached hydrogen (secondary N) is 3. The first-order valence-electron chi connectivity index (χ1n) is 13.1. The van der Waals surface area contributed by atoms with E-state index in [4.69, 9.17) is 23.2 Å². The van der Waals surface area contributed by atoms with Gasteiger partial charge >= 0.3 is 5.97 Å². The van der Waals surface area contributed by atoms with Crippen molar-refractivity contribution in [2.45, 2.75) is 49.6 Å². The predicted molar refractivity (Wildman–Crippen MR) is 152 cm³/mol. The first-order valence-corrected chi connectivity index (χ1v) is 13.9. The zero-order chi connectivity index (χ0) is 28.4. The quantitative estimate of drug-likeness (QED) is 0.265. The second-order valence-electron chi connectivity index (χ2n) is 10.4. The molecule has 0 radical (unpaired) electrons. The first kappa shape index (κ1) is 28.1. The fourth-order valence-electron chi connectivity index (χ4n) is 6.15. The fraction of sp³-hybridized carbons (Fsp3) is 0.300. The molecule has 7 nitrogen and oxygen atoms in total. The van der Waals surface area contributed by atoms with Crippen LogP contribution in [0.25, 0.3) is 0 Å². The Bertz CT molecular complexity index is 1440.